The van der Waals surface area contributed by atoms with Crippen molar-refractivity contribution in [3.8, 4) is 0 Å². The summed E-state index contributed by atoms with van der Waals surface area (Å²) in [6, 6.07) is 6.07. The third-order valence-corrected chi connectivity index (χ3v) is 2.67. The highest BCUT2D eigenvalue weighted by Crippen LogP contribution is 2.32. The van der Waals surface area contributed by atoms with Gasteiger partial charge in [-0.2, -0.15) is 13.2 Å². The minimum Gasteiger partial charge on any atom is -0.272 e. The zero-order chi connectivity index (χ0) is 12.6. The van der Waals surface area contributed by atoms with Crippen LogP contribution in [0.1, 0.15) is 0 Å². The van der Waals surface area contributed by atoms with Gasteiger partial charge in [0.2, 0.25) is 0 Å². The van der Waals surface area contributed by atoms with Crippen LogP contribution in [0.2, 0.25) is 5.02 Å². The Bertz CT molecular complexity index is 449. The SMILES string of the molecule is O=C1C(C(F)(F)F)CNN1c1cccc(Cl)c1. The van der Waals surface area contributed by atoms with E-state index in [1.807, 2.05) is 0 Å². The molecule has 92 valence electrons. The smallest absolute Gasteiger partial charge is 0.272 e. The molecule has 1 atom stereocenters. The van der Waals surface area contributed by atoms with Crippen LogP contribution < -0.4 is 10.4 Å². The van der Waals surface area contributed by atoms with Gasteiger partial charge in [0.25, 0.3) is 5.91 Å². The molecule has 0 spiro atoms. The molecule has 0 aliphatic carbocycles. The van der Waals surface area contributed by atoms with E-state index in [0.717, 1.165) is 5.01 Å². The summed E-state index contributed by atoms with van der Waals surface area (Å²) in [6.45, 7) is -0.450. The van der Waals surface area contributed by atoms with Crippen LogP contribution >= 0.6 is 11.6 Å². The lowest BCUT2D eigenvalue weighted by molar-refractivity contribution is -0.174. The van der Waals surface area contributed by atoms with Gasteiger partial charge in [-0.3, -0.25) is 4.79 Å². The molecule has 1 aromatic carbocycles. The summed E-state index contributed by atoms with van der Waals surface area (Å²) in [7, 11) is 0. The maximum atomic E-state index is 12.5. The van der Waals surface area contributed by atoms with E-state index in [2.05, 4.69) is 5.43 Å². The second kappa shape index (κ2) is 4.19. The lowest BCUT2D eigenvalue weighted by Crippen LogP contribution is -2.36. The topological polar surface area (TPSA) is 32.3 Å². The highest BCUT2D eigenvalue weighted by atomic mass is 35.5. The van der Waals surface area contributed by atoms with Gasteiger partial charge in [0.05, 0.1) is 5.69 Å². The van der Waals surface area contributed by atoms with Crippen LogP contribution in [-0.2, 0) is 4.79 Å². The average Bonchev–Trinajstić information content (AvgIpc) is 2.59. The summed E-state index contributed by atoms with van der Waals surface area (Å²) < 4.78 is 37.4. The zero-order valence-electron chi connectivity index (χ0n) is 8.46. The summed E-state index contributed by atoms with van der Waals surface area (Å²) in [4.78, 5) is 11.6. The number of nitrogens with zero attached hydrogens (tertiary/aromatic N) is 1. The van der Waals surface area contributed by atoms with Gasteiger partial charge in [-0.1, -0.05) is 17.7 Å². The molecule has 7 heteroatoms. The fraction of sp³-hybridized carbons (Fsp3) is 0.300. The fourth-order valence-corrected chi connectivity index (χ4v) is 1.78. The van der Waals surface area contributed by atoms with Crippen molar-refractivity contribution in [2.75, 3.05) is 11.6 Å². The molecule has 1 amide bonds. The molecule has 0 aromatic heterocycles. The van der Waals surface area contributed by atoms with E-state index in [9.17, 15) is 18.0 Å². The molecule has 0 saturated carbocycles. The molecule has 1 fully saturated rings. The summed E-state index contributed by atoms with van der Waals surface area (Å²) in [6.07, 6.45) is -4.53. The number of hydrogen-bond donors (Lipinski definition) is 1. The number of amides is 1. The van der Waals surface area contributed by atoms with Gasteiger partial charge in [0.1, 0.15) is 5.92 Å². The molecule has 3 nitrogen and oxygen atoms in total. The van der Waals surface area contributed by atoms with Crippen molar-refractivity contribution in [2.24, 2.45) is 5.92 Å². The summed E-state index contributed by atoms with van der Waals surface area (Å²) in [5, 5.41) is 1.23. The molecular weight excluding hydrogens is 257 g/mol. The number of nitrogens with one attached hydrogen (secondary N) is 1. The van der Waals surface area contributed by atoms with Gasteiger partial charge in [-0.05, 0) is 18.2 Å². The number of rotatable bonds is 1. The summed E-state index contributed by atoms with van der Waals surface area (Å²) in [5.41, 5.74) is 2.71. The highest BCUT2D eigenvalue weighted by molar-refractivity contribution is 6.30. The monoisotopic (exact) mass is 264 g/mol. The molecule has 2 rings (SSSR count). The minimum atomic E-state index is -4.53. The standard InChI is InChI=1S/C10H8ClF3N2O/c11-6-2-1-3-7(4-6)16-9(17)8(5-15-16)10(12,13)14/h1-4,8,15H,5H2. The van der Waals surface area contributed by atoms with E-state index in [4.69, 9.17) is 11.6 Å². The van der Waals surface area contributed by atoms with Crippen molar-refractivity contribution in [1.29, 1.82) is 0 Å². The molecule has 1 aliphatic heterocycles. The Morgan fingerprint density at radius 1 is 1.41 bits per heavy atom. The Hall–Kier alpha value is -1.27. The van der Waals surface area contributed by atoms with Crippen LogP contribution in [0.5, 0.6) is 0 Å². The van der Waals surface area contributed by atoms with E-state index >= 15 is 0 Å². The molecule has 1 saturated heterocycles. The van der Waals surface area contributed by atoms with Gasteiger partial charge in [-0.25, -0.2) is 10.4 Å². The van der Waals surface area contributed by atoms with Crippen LogP contribution in [0.3, 0.4) is 0 Å². The molecule has 1 aromatic rings. The van der Waals surface area contributed by atoms with Crippen LogP contribution in [0, 0.1) is 5.92 Å². The normalized spacial score (nSPS) is 21.1. The summed E-state index contributed by atoms with van der Waals surface area (Å²) in [5.74, 6) is -3.01. The van der Waals surface area contributed by atoms with Crippen LogP contribution in [0.25, 0.3) is 0 Å². The third-order valence-electron chi connectivity index (χ3n) is 2.43. The van der Waals surface area contributed by atoms with Crippen LogP contribution in [0.15, 0.2) is 24.3 Å². The predicted octanol–water partition coefficient (Wildman–Crippen LogP) is 2.37. The third kappa shape index (κ3) is 2.37. The van der Waals surface area contributed by atoms with E-state index in [-0.39, 0.29) is 0 Å². The number of hydrazine groups is 1. The minimum absolute atomic E-state index is 0.300. The molecular formula is C10H8ClF3N2O. The van der Waals surface area contributed by atoms with Gasteiger partial charge >= 0.3 is 6.18 Å². The van der Waals surface area contributed by atoms with E-state index in [1.165, 1.54) is 12.1 Å². The second-order valence-electron chi connectivity index (χ2n) is 3.61. The Labute approximate surface area is 100 Å². The van der Waals surface area contributed by atoms with Crippen molar-refractivity contribution in [3.63, 3.8) is 0 Å². The van der Waals surface area contributed by atoms with Crippen LogP contribution in [0.4, 0.5) is 18.9 Å². The first-order chi connectivity index (χ1) is 7.89. The van der Waals surface area contributed by atoms with Crippen molar-refractivity contribution in [2.45, 2.75) is 6.18 Å². The number of anilines is 1. The quantitative estimate of drug-likeness (QED) is 0.845. The first-order valence-corrected chi connectivity index (χ1v) is 5.17. The molecule has 0 bridgehead atoms. The molecule has 1 unspecified atom stereocenters. The van der Waals surface area contributed by atoms with Gasteiger partial charge in [0.15, 0.2) is 0 Å². The number of carbonyl (C=O) groups is 1. The van der Waals surface area contributed by atoms with Gasteiger partial charge in [0, 0.05) is 11.6 Å². The molecule has 17 heavy (non-hydrogen) atoms. The van der Waals surface area contributed by atoms with Crippen molar-refractivity contribution >= 4 is 23.2 Å². The molecule has 1 heterocycles. The van der Waals surface area contributed by atoms with Crippen molar-refractivity contribution in [1.82, 2.24) is 5.43 Å². The average molecular weight is 265 g/mol. The molecule has 0 radical (unpaired) electrons. The highest BCUT2D eigenvalue weighted by Gasteiger charge is 2.50. The largest absolute Gasteiger partial charge is 0.401 e. The number of halogens is 4. The lowest BCUT2D eigenvalue weighted by Gasteiger charge is -2.17. The first kappa shape index (κ1) is 12.2. The summed E-state index contributed by atoms with van der Waals surface area (Å²) >= 11 is 5.71. The lowest BCUT2D eigenvalue weighted by atomic mass is 10.1. The number of benzene rings is 1. The number of carbonyl (C=O) groups excluding carboxylic acids is 1. The van der Waals surface area contributed by atoms with Gasteiger partial charge in [-0.15, -0.1) is 0 Å². The Morgan fingerprint density at radius 2 is 2.12 bits per heavy atom. The van der Waals surface area contributed by atoms with E-state index in [0.29, 0.717) is 10.7 Å². The van der Waals surface area contributed by atoms with Crippen LogP contribution in [-0.4, -0.2) is 18.6 Å². The first-order valence-electron chi connectivity index (χ1n) is 4.79. The molecule has 1 N–H and O–H groups in total. The fourth-order valence-electron chi connectivity index (χ4n) is 1.59. The van der Waals surface area contributed by atoms with E-state index < -0.39 is 24.5 Å². The van der Waals surface area contributed by atoms with E-state index in [1.54, 1.807) is 12.1 Å². The predicted molar refractivity (Wildman–Crippen MR) is 56.5 cm³/mol. The van der Waals surface area contributed by atoms with Gasteiger partial charge < -0.3 is 0 Å². The second-order valence-corrected chi connectivity index (χ2v) is 4.05. The Balaban J connectivity index is 2.24. The molecule has 1 aliphatic rings. The maximum absolute atomic E-state index is 12.5. The number of hydrogen-bond acceptors (Lipinski definition) is 2. The maximum Gasteiger partial charge on any atom is 0.401 e. The Morgan fingerprint density at radius 3 is 2.65 bits per heavy atom. The van der Waals surface area contributed by atoms with Crippen molar-refractivity contribution in [3.05, 3.63) is 29.3 Å². The number of alkyl halides is 3. The van der Waals surface area contributed by atoms with Crippen molar-refractivity contribution < 1.29 is 18.0 Å². The Kier molecular flexibility index (Phi) is 3.01. The zero-order valence-corrected chi connectivity index (χ0v) is 9.22.